The Bertz CT molecular complexity index is 378. The Morgan fingerprint density at radius 3 is 1.84 bits per heavy atom. The van der Waals surface area contributed by atoms with Crippen LogP contribution in [-0.2, 0) is 23.9 Å². The maximum Gasteiger partial charge on any atom is 0.306 e. The molecule has 0 rings (SSSR count). The Balaban J connectivity index is 3.37. The van der Waals surface area contributed by atoms with Gasteiger partial charge in [0.25, 0.3) is 0 Å². The Hall–Kier alpha value is -1.39. The van der Waals surface area contributed by atoms with E-state index in [9.17, 15) is 14.4 Å². The lowest BCUT2D eigenvalue weighted by Gasteiger charge is -2.09. The molecule has 0 aromatic carbocycles. The fourth-order valence-corrected chi connectivity index (χ4v) is 2.37. The lowest BCUT2D eigenvalue weighted by Crippen LogP contribution is -2.21. The number of carbonyl (C=O) groups is 3. The molecule has 0 radical (unpaired) electrons. The van der Waals surface area contributed by atoms with Crippen LogP contribution in [0.5, 0.6) is 0 Å². The minimum atomic E-state index is -0.640. The van der Waals surface area contributed by atoms with Crippen LogP contribution in [-0.4, -0.2) is 30.4 Å². The lowest BCUT2D eigenvalue weighted by molar-refractivity contribution is -0.153. The van der Waals surface area contributed by atoms with Crippen molar-refractivity contribution in [2.24, 2.45) is 0 Å². The van der Waals surface area contributed by atoms with E-state index in [1.807, 2.05) is 0 Å². The molecule has 0 fully saturated rings. The number of unbranched alkanes of at least 4 members (excludes halogenated alkanes) is 8. The average molecular weight is 357 g/mol. The van der Waals surface area contributed by atoms with E-state index in [4.69, 9.17) is 9.47 Å². The highest BCUT2D eigenvalue weighted by Gasteiger charge is 2.12. The van der Waals surface area contributed by atoms with Crippen molar-refractivity contribution < 1.29 is 23.9 Å². The number of rotatable bonds is 16. The molecular weight excluding hydrogens is 320 g/mol. The zero-order chi connectivity index (χ0) is 18.9. The lowest BCUT2D eigenvalue weighted by atomic mass is 10.1. The van der Waals surface area contributed by atoms with E-state index in [0.29, 0.717) is 19.4 Å². The van der Waals surface area contributed by atoms with E-state index >= 15 is 0 Å². The summed E-state index contributed by atoms with van der Waals surface area (Å²) in [6, 6.07) is 0. The average Bonchev–Trinajstić information content (AvgIpc) is 2.56. The zero-order valence-electron chi connectivity index (χ0n) is 16.3. The minimum Gasteiger partial charge on any atom is -0.466 e. The number of ketones is 1. The molecular formula is C20H36O5. The molecule has 1 unspecified atom stereocenters. The van der Waals surface area contributed by atoms with Gasteiger partial charge in [-0.25, -0.2) is 0 Å². The second-order valence-corrected chi connectivity index (χ2v) is 6.65. The van der Waals surface area contributed by atoms with Gasteiger partial charge in [0.15, 0.2) is 11.9 Å². The van der Waals surface area contributed by atoms with Gasteiger partial charge in [-0.2, -0.15) is 0 Å². The predicted octanol–water partition coefficient (Wildman–Crippen LogP) is 4.75. The number of hydrogen-bond acceptors (Lipinski definition) is 5. The van der Waals surface area contributed by atoms with Gasteiger partial charge in [0, 0.05) is 12.8 Å². The summed E-state index contributed by atoms with van der Waals surface area (Å²) in [5.74, 6) is -0.518. The van der Waals surface area contributed by atoms with Crippen molar-refractivity contribution in [3.63, 3.8) is 0 Å². The number of esters is 2. The Morgan fingerprint density at radius 1 is 0.760 bits per heavy atom. The first-order chi connectivity index (χ1) is 12.0. The van der Waals surface area contributed by atoms with Gasteiger partial charge in [-0.05, 0) is 33.1 Å². The highest BCUT2D eigenvalue weighted by Crippen LogP contribution is 2.10. The molecule has 0 aliphatic rings. The van der Waals surface area contributed by atoms with Gasteiger partial charge in [-0.15, -0.1) is 0 Å². The van der Waals surface area contributed by atoms with Crippen molar-refractivity contribution in [3.8, 4) is 0 Å². The molecule has 0 amide bonds. The van der Waals surface area contributed by atoms with E-state index < -0.39 is 6.10 Å². The summed E-state index contributed by atoms with van der Waals surface area (Å²) in [6.07, 6.45) is 10.4. The highest BCUT2D eigenvalue weighted by atomic mass is 16.5. The molecule has 0 bridgehead atoms. The van der Waals surface area contributed by atoms with Gasteiger partial charge in [0.05, 0.1) is 6.61 Å². The molecule has 5 heteroatoms. The molecule has 0 saturated carbocycles. The summed E-state index contributed by atoms with van der Waals surface area (Å²) in [6.45, 7) is 5.72. The fraction of sp³-hybridized carbons (Fsp3) is 0.850. The van der Waals surface area contributed by atoms with Crippen LogP contribution in [0.15, 0.2) is 0 Å². The van der Waals surface area contributed by atoms with Crippen LogP contribution < -0.4 is 0 Å². The largest absolute Gasteiger partial charge is 0.466 e. The highest BCUT2D eigenvalue weighted by molar-refractivity contribution is 5.83. The third kappa shape index (κ3) is 15.9. The molecule has 0 aromatic rings. The van der Waals surface area contributed by atoms with E-state index in [0.717, 1.165) is 51.4 Å². The third-order valence-electron chi connectivity index (χ3n) is 4.15. The molecule has 0 heterocycles. The predicted molar refractivity (Wildman–Crippen MR) is 98.3 cm³/mol. The van der Waals surface area contributed by atoms with Gasteiger partial charge in [0.2, 0.25) is 0 Å². The molecule has 0 aromatic heterocycles. The molecule has 146 valence electrons. The molecule has 0 spiro atoms. The Morgan fingerprint density at radius 2 is 1.28 bits per heavy atom. The number of ether oxygens (including phenoxy) is 2. The molecule has 25 heavy (non-hydrogen) atoms. The Labute approximate surface area is 152 Å². The van der Waals surface area contributed by atoms with Crippen molar-refractivity contribution >= 4 is 17.7 Å². The van der Waals surface area contributed by atoms with Crippen LogP contribution in [0.2, 0.25) is 0 Å². The van der Waals surface area contributed by atoms with E-state index in [1.165, 1.54) is 19.8 Å². The smallest absolute Gasteiger partial charge is 0.306 e. The number of hydrogen-bond donors (Lipinski definition) is 0. The number of carbonyl (C=O) groups excluding carboxylic acids is 3. The summed E-state index contributed by atoms with van der Waals surface area (Å²) < 4.78 is 10.2. The monoisotopic (exact) mass is 356 g/mol. The number of Topliss-reactive ketones (excluding diaryl/α,β-unsaturated/α-hetero) is 1. The normalized spacial score (nSPS) is 11.8. The van der Waals surface area contributed by atoms with Crippen molar-refractivity contribution in [1.29, 1.82) is 0 Å². The SMILES string of the molecule is CCCCCCOC(=O)CCCCCCCCC(=O)OC(C)C(C)=O. The van der Waals surface area contributed by atoms with E-state index in [1.54, 1.807) is 6.92 Å². The van der Waals surface area contributed by atoms with Crippen LogP contribution in [0.4, 0.5) is 0 Å². The summed E-state index contributed by atoms with van der Waals surface area (Å²) in [4.78, 5) is 34.0. The van der Waals surface area contributed by atoms with Crippen molar-refractivity contribution in [1.82, 2.24) is 0 Å². The zero-order valence-corrected chi connectivity index (χ0v) is 16.3. The van der Waals surface area contributed by atoms with Gasteiger partial charge in [-0.1, -0.05) is 51.9 Å². The van der Waals surface area contributed by atoms with Gasteiger partial charge in [0.1, 0.15) is 0 Å². The summed E-state index contributed by atoms with van der Waals surface area (Å²) in [7, 11) is 0. The van der Waals surface area contributed by atoms with Crippen LogP contribution in [0.25, 0.3) is 0 Å². The maximum absolute atomic E-state index is 11.5. The molecule has 0 aliphatic heterocycles. The standard InChI is InChI=1S/C20H36O5/c1-4-5-6-13-16-24-19(22)14-11-9-7-8-10-12-15-20(23)25-18(3)17(2)21/h18H,4-16H2,1-3H3. The first-order valence-electron chi connectivity index (χ1n) is 9.83. The van der Waals surface area contributed by atoms with Crippen LogP contribution in [0.1, 0.15) is 97.8 Å². The van der Waals surface area contributed by atoms with Crippen LogP contribution in [0.3, 0.4) is 0 Å². The quantitative estimate of drug-likeness (QED) is 0.295. The molecule has 5 nitrogen and oxygen atoms in total. The molecule has 0 N–H and O–H groups in total. The molecule has 0 aliphatic carbocycles. The van der Waals surface area contributed by atoms with Crippen LogP contribution in [0, 0.1) is 0 Å². The second kappa shape index (κ2) is 16.1. The van der Waals surface area contributed by atoms with Crippen molar-refractivity contribution in [2.75, 3.05) is 6.61 Å². The van der Waals surface area contributed by atoms with Gasteiger partial charge >= 0.3 is 11.9 Å². The van der Waals surface area contributed by atoms with Crippen molar-refractivity contribution in [2.45, 2.75) is 104 Å². The van der Waals surface area contributed by atoms with Gasteiger partial charge in [-0.3, -0.25) is 14.4 Å². The second-order valence-electron chi connectivity index (χ2n) is 6.65. The van der Waals surface area contributed by atoms with E-state index in [2.05, 4.69) is 6.92 Å². The minimum absolute atomic E-state index is 0.0844. The van der Waals surface area contributed by atoms with Crippen LogP contribution >= 0.6 is 0 Å². The third-order valence-corrected chi connectivity index (χ3v) is 4.15. The maximum atomic E-state index is 11.5. The molecule has 0 saturated heterocycles. The fourth-order valence-electron chi connectivity index (χ4n) is 2.37. The van der Waals surface area contributed by atoms with Crippen molar-refractivity contribution in [3.05, 3.63) is 0 Å². The van der Waals surface area contributed by atoms with E-state index in [-0.39, 0.29) is 17.7 Å². The summed E-state index contributed by atoms with van der Waals surface area (Å²) >= 11 is 0. The molecule has 1 atom stereocenters. The summed E-state index contributed by atoms with van der Waals surface area (Å²) in [5.41, 5.74) is 0. The summed E-state index contributed by atoms with van der Waals surface area (Å²) in [5, 5.41) is 0. The van der Waals surface area contributed by atoms with Gasteiger partial charge < -0.3 is 9.47 Å². The topological polar surface area (TPSA) is 69.7 Å². The first-order valence-corrected chi connectivity index (χ1v) is 9.83. The first kappa shape index (κ1) is 23.6. The Kier molecular flexibility index (Phi) is 15.2.